The minimum Gasteiger partial charge on any atom is -0.310 e. The van der Waals surface area contributed by atoms with Gasteiger partial charge in [0.15, 0.2) is 0 Å². The lowest BCUT2D eigenvalue weighted by molar-refractivity contribution is 1.28. The molecule has 14 rings (SSSR count). The Morgan fingerprint density at radius 2 is 0.808 bits per heavy atom. The monoisotopic (exact) mass is 968 g/mol. The molecule has 4 nitrogen and oxygen atoms in total. The molecule has 0 atom stereocenters. The summed E-state index contributed by atoms with van der Waals surface area (Å²) in [6, 6.07) is 92.8. The second kappa shape index (κ2) is 18.0. The number of nitrogens with zero attached hydrogens (tertiary/aromatic N) is 4. The predicted octanol–water partition coefficient (Wildman–Crippen LogP) is 20.2. The maximum Gasteiger partial charge on any atom is 0.0661 e. The van der Waals surface area contributed by atoms with Gasteiger partial charge in [-0.1, -0.05) is 158 Å². The van der Waals surface area contributed by atoms with Gasteiger partial charge in [0.2, 0.25) is 0 Å². The average molecular weight is 969 g/mol. The third-order valence-electron chi connectivity index (χ3n) is 14.1. The molecule has 3 heterocycles. The third-order valence-corrected chi connectivity index (χ3v) is 16.5. The van der Waals surface area contributed by atoms with E-state index in [-0.39, 0.29) is 0 Å². The first kappa shape index (κ1) is 42.8. The van der Waals surface area contributed by atoms with E-state index in [0.717, 1.165) is 73.1 Å². The topological polar surface area (TPSA) is 22.6 Å². The zero-order chi connectivity index (χ0) is 48.2. The van der Waals surface area contributed by atoms with E-state index in [0.29, 0.717) is 0 Å². The molecule has 0 aliphatic heterocycles. The van der Waals surface area contributed by atoms with Gasteiger partial charge in [0.25, 0.3) is 0 Å². The number of pyridine rings is 1. The Morgan fingerprint density at radius 1 is 0.288 bits per heavy atom. The number of fused-ring (bicyclic) bond motifs is 8. The van der Waals surface area contributed by atoms with Gasteiger partial charge >= 0.3 is 0 Å². The van der Waals surface area contributed by atoms with Gasteiger partial charge in [0.05, 0.1) is 37.8 Å². The quantitative estimate of drug-likeness (QED) is 0.136. The van der Waals surface area contributed by atoms with Gasteiger partial charge in [-0.05, 0) is 113 Å². The Labute approximate surface area is 431 Å². The Hall–Kier alpha value is -9.07. The number of aromatic nitrogens is 1. The van der Waals surface area contributed by atoms with Crippen LogP contribution in [0.4, 0.5) is 51.2 Å². The van der Waals surface area contributed by atoms with Crippen molar-refractivity contribution in [2.45, 2.75) is 0 Å². The van der Waals surface area contributed by atoms with E-state index < -0.39 is 0 Å². The molecule has 0 fully saturated rings. The number of rotatable bonds is 10. The molecule has 73 heavy (non-hydrogen) atoms. The number of para-hydroxylation sites is 4. The summed E-state index contributed by atoms with van der Waals surface area (Å²) in [6.07, 6.45) is 3.85. The summed E-state index contributed by atoms with van der Waals surface area (Å²) in [4.78, 5) is 12.0. The average Bonchev–Trinajstić information content (AvgIpc) is 4.03. The Morgan fingerprint density at radius 3 is 1.56 bits per heavy atom. The number of hydrogen-bond acceptors (Lipinski definition) is 6. The lowest BCUT2D eigenvalue weighted by Gasteiger charge is -2.31. The number of thiophene rings is 2. The highest BCUT2D eigenvalue weighted by Gasteiger charge is 2.26. The first-order chi connectivity index (χ1) is 36.2. The molecule has 0 saturated heterocycles. The standard InChI is InChI=1S/C67H44N4S2/c1-4-22-48(23-5-1)69(59-33-16-20-45-19-10-11-28-52(45)59)51-42-57-56-41-47(53-29-12-14-32-60(53)70(49-24-6-2-7-25-49)61-34-17-21-46-39-40-68-44-58(46)61)37-38-65(56)73-67(57)63(43-51)71(50-26-8-3-9-27-50)62-35-18-31-55-54-30-13-15-36-64(54)72-66(55)62/h1-44H. The summed E-state index contributed by atoms with van der Waals surface area (Å²) in [5.74, 6) is 0. The molecule has 14 aromatic rings. The molecule has 0 N–H and O–H groups in total. The van der Waals surface area contributed by atoms with E-state index in [4.69, 9.17) is 0 Å². The van der Waals surface area contributed by atoms with Crippen molar-refractivity contribution in [1.29, 1.82) is 0 Å². The van der Waals surface area contributed by atoms with Crippen LogP contribution < -0.4 is 14.7 Å². The largest absolute Gasteiger partial charge is 0.310 e. The fraction of sp³-hybridized carbons (Fsp3) is 0. The SMILES string of the molecule is c1ccc(N(c2cc(N(c3ccccc3)c3cccc4c3sc3ccccc34)c3sc4ccc(-c5ccccc5N(c5ccccc5)c5cccc6ccncc56)cc4c3c2)c2cccc3ccccc23)cc1. The van der Waals surface area contributed by atoms with Gasteiger partial charge < -0.3 is 14.7 Å². The van der Waals surface area contributed by atoms with Crippen LogP contribution in [0.3, 0.4) is 0 Å². The summed E-state index contributed by atoms with van der Waals surface area (Å²) in [5, 5.41) is 9.55. The molecule has 0 unspecified atom stereocenters. The van der Waals surface area contributed by atoms with Crippen LogP contribution in [-0.2, 0) is 0 Å². The van der Waals surface area contributed by atoms with Crippen LogP contribution in [0, 0.1) is 0 Å². The van der Waals surface area contributed by atoms with Crippen molar-refractivity contribution in [3.8, 4) is 11.1 Å². The molecule has 0 aliphatic rings. The van der Waals surface area contributed by atoms with Crippen LogP contribution in [0.5, 0.6) is 0 Å². The second-order valence-corrected chi connectivity index (χ2v) is 20.4. The van der Waals surface area contributed by atoms with Crippen LogP contribution in [0.15, 0.2) is 267 Å². The maximum atomic E-state index is 4.60. The minimum atomic E-state index is 1.07. The highest BCUT2D eigenvalue weighted by atomic mass is 32.1. The smallest absolute Gasteiger partial charge is 0.0661 e. The highest BCUT2D eigenvalue weighted by molar-refractivity contribution is 7.27. The lowest BCUT2D eigenvalue weighted by atomic mass is 9.98. The summed E-state index contributed by atoms with van der Waals surface area (Å²) in [7, 11) is 0. The van der Waals surface area contributed by atoms with Gasteiger partial charge in [-0.15, -0.1) is 22.7 Å². The van der Waals surface area contributed by atoms with Gasteiger partial charge in [0, 0.05) is 82.4 Å². The molecular weight excluding hydrogens is 925 g/mol. The van der Waals surface area contributed by atoms with Crippen LogP contribution >= 0.6 is 22.7 Å². The third kappa shape index (κ3) is 7.38. The normalized spacial score (nSPS) is 11.6. The Kier molecular flexibility index (Phi) is 10.5. The molecular formula is C67H44N4S2. The molecule has 0 saturated carbocycles. The fourth-order valence-electron chi connectivity index (χ4n) is 10.8. The van der Waals surface area contributed by atoms with Gasteiger partial charge in [-0.25, -0.2) is 0 Å². The summed E-state index contributed by atoms with van der Waals surface area (Å²) < 4.78 is 4.97. The first-order valence-electron chi connectivity index (χ1n) is 24.6. The molecule has 0 bridgehead atoms. The highest BCUT2D eigenvalue weighted by Crippen LogP contribution is 2.53. The minimum absolute atomic E-state index is 1.07. The van der Waals surface area contributed by atoms with Gasteiger partial charge in [-0.2, -0.15) is 0 Å². The Balaban J connectivity index is 1.05. The van der Waals surface area contributed by atoms with Crippen molar-refractivity contribution in [3.63, 3.8) is 0 Å². The van der Waals surface area contributed by atoms with Crippen LogP contribution in [0.2, 0.25) is 0 Å². The predicted molar refractivity (Wildman–Crippen MR) is 315 cm³/mol. The van der Waals surface area contributed by atoms with Crippen LogP contribution in [0.25, 0.3) is 73.0 Å². The van der Waals surface area contributed by atoms with E-state index in [1.807, 2.05) is 35.1 Å². The molecule has 11 aromatic carbocycles. The van der Waals surface area contributed by atoms with Crippen molar-refractivity contribution in [3.05, 3.63) is 267 Å². The number of benzene rings is 11. The van der Waals surface area contributed by atoms with E-state index in [9.17, 15) is 0 Å². The zero-order valence-corrected chi connectivity index (χ0v) is 41.1. The van der Waals surface area contributed by atoms with Gasteiger partial charge in [-0.3, -0.25) is 4.98 Å². The number of hydrogen-bond donors (Lipinski definition) is 0. The van der Waals surface area contributed by atoms with E-state index >= 15 is 0 Å². The van der Waals surface area contributed by atoms with Crippen molar-refractivity contribution < 1.29 is 0 Å². The fourth-order valence-corrected chi connectivity index (χ4v) is 13.2. The van der Waals surface area contributed by atoms with Crippen LogP contribution in [-0.4, -0.2) is 4.98 Å². The van der Waals surface area contributed by atoms with Crippen molar-refractivity contribution in [2.24, 2.45) is 0 Å². The number of anilines is 9. The van der Waals surface area contributed by atoms with Crippen LogP contribution in [0.1, 0.15) is 0 Å². The molecule has 3 aromatic heterocycles. The zero-order valence-electron chi connectivity index (χ0n) is 39.5. The molecule has 344 valence electrons. The van der Waals surface area contributed by atoms with Crippen molar-refractivity contribution in [2.75, 3.05) is 14.7 Å². The van der Waals surface area contributed by atoms with E-state index in [1.165, 1.54) is 51.1 Å². The van der Waals surface area contributed by atoms with Crippen molar-refractivity contribution in [1.82, 2.24) is 4.98 Å². The summed E-state index contributed by atoms with van der Waals surface area (Å²) in [6.45, 7) is 0. The summed E-state index contributed by atoms with van der Waals surface area (Å²) in [5.41, 5.74) is 12.1. The molecule has 0 amide bonds. The Bertz CT molecular complexity index is 4350. The first-order valence-corrected chi connectivity index (χ1v) is 26.2. The molecule has 0 radical (unpaired) electrons. The van der Waals surface area contributed by atoms with Crippen molar-refractivity contribution >= 4 is 136 Å². The lowest BCUT2D eigenvalue weighted by Crippen LogP contribution is -2.13. The molecule has 0 spiro atoms. The maximum absolute atomic E-state index is 4.60. The van der Waals surface area contributed by atoms with Gasteiger partial charge in [0.1, 0.15) is 0 Å². The summed E-state index contributed by atoms with van der Waals surface area (Å²) >= 11 is 3.73. The second-order valence-electron chi connectivity index (χ2n) is 18.3. The van der Waals surface area contributed by atoms with E-state index in [1.54, 1.807) is 0 Å². The van der Waals surface area contributed by atoms with E-state index in [2.05, 4.69) is 274 Å². The molecule has 0 aliphatic carbocycles. The molecule has 6 heteroatoms.